The maximum atomic E-state index is 5.40. The normalized spacial score (nSPS) is 16.1. The third-order valence-electron chi connectivity index (χ3n) is 5.36. The minimum absolute atomic E-state index is 0.286. The van der Waals surface area contributed by atoms with Gasteiger partial charge in [0.2, 0.25) is 0 Å². The first-order valence-electron chi connectivity index (χ1n) is 10.3. The molecule has 0 spiro atoms. The number of hydrogen-bond donors (Lipinski definition) is 2. The van der Waals surface area contributed by atoms with Crippen molar-refractivity contribution in [2.45, 2.75) is 19.0 Å². The standard InChI is InChI=1S/C23H32N4O4/c1-24-23(25-14-16-6-7-21(30-4)22(10-16)31-5)26-17-8-9-27(15-17)18-11-19(28-2)13-20(12-18)29-3/h6-7,10-13,17H,8-9,14-15H2,1-5H3,(H2,24,25,26). The van der Waals surface area contributed by atoms with Gasteiger partial charge in [0.25, 0.3) is 0 Å². The summed E-state index contributed by atoms with van der Waals surface area (Å²) in [7, 11) is 8.39. The van der Waals surface area contributed by atoms with E-state index >= 15 is 0 Å². The number of anilines is 1. The van der Waals surface area contributed by atoms with E-state index in [9.17, 15) is 0 Å². The van der Waals surface area contributed by atoms with Crippen molar-refractivity contribution in [1.82, 2.24) is 10.6 Å². The zero-order valence-electron chi connectivity index (χ0n) is 18.9. The van der Waals surface area contributed by atoms with Crippen molar-refractivity contribution in [2.24, 2.45) is 4.99 Å². The second-order valence-corrected chi connectivity index (χ2v) is 7.26. The highest BCUT2D eigenvalue weighted by molar-refractivity contribution is 5.80. The number of nitrogens with zero attached hydrogens (tertiary/aromatic N) is 2. The lowest BCUT2D eigenvalue weighted by Crippen LogP contribution is -2.44. The minimum Gasteiger partial charge on any atom is -0.497 e. The molecule has 31 heavy (non-hydrogen) atoms. The Morgan fingerprint density at radius 3 is 2.29 bits per heavy atom. The van der Waals surface area contributed by atoms with Crippen molar-refractivity contribution in [3.8, 4) is 23.0 Å². The molecule has 0 saturated carbocycles. The first-order chi connectivity index (χ1) is 15.1. The molecular formula is C23H32N4O4. The second kappa shape index (κ2) is 10.7. The highest BCUT2D eigenvalue weighted by Gasteiger charge is 2.24. The predicted molar refractivity (Wildman–Crippen MR) is 123 cm³/mol. The van der Waals surface area contributed by atoms with Crippen molar-refractivity contribution < 1.29 is 18.9 Å². The topological polar surface area (TPSA) is 76.6 Å². The van der Waals surface area contributed by atoms with Gasteiger partial charge < -0.3 is 34.5 Å². The Morgan fingerprint density at radius 1 is 0.968 bits per heavy atom. The minimum atomic E-state index is 0.286. The van der Waals surface area contributed by atoms with E-state index < -0.39 is 0 Å². The molecular weight excluding hydrogens is 396 g/mol. The van der Waals surface area contributed by atoms with Gasteiger partial charge in [-0.15, -0.1) is 0 Å². The Kier molecular flexibility index (Phi) is 7.70. The molecule has 1 aliphatic rings. The zero-order chi connectivity index (χ0) is 22.2. The van der Waals surface area contributed by atoms with Crippen LogP contribution in [0.3, 0.4) is 0 Å². The van der Waals surface area contributed by atoms with Crippen LogP contribution >= 0.6 is 0 Å². The van der Waals surface area contributed by atoms with Crippen LogP contribution in [0.2, 0.25) is 0 Å². The fourth-order valence-electron chi connectivity index (χ4n) is 3.65. The summed E-state index contributed by atoms with van der Waals surface area (Å²) in [5.74, 6) is 3.78. The number of ether oxygens (including phenoxy) is 4. The Morgan fingerprint density at radius 2 is 1.68 bits per heavy atom. The van der Waals surface area contributed by atoms with Gasteiger partial charge >= 0.3 is 0 Å². The lowest BCUT2D eigenvalue weighted by molar-refractivity contribution is 0.354. The van der Waals surface area contributed by atoms with E-state index in [4.69, 9.17) is 18.9 Å². The number of hydrogen-bond acceptors (Lipinski definition) is 6. The Labute approximate surface area is 184 Å². The van der Waals surface area contributed by atoms with Crippen LogP contribution in [0.25, 0.3) is 0 Å². The summed E-state index contributed by atoms with van der Waals surface area (Å²) in [6.07, 6.45) is 1.01. The third kappa shape index (κ3) is 5.65. The molecule has 1 saturated heterocycles. The van der Waals surface area contributed by atoms with Gasteiger partial charge in [-0.2, -0.15) is 0 Å². The molecule has 8 nitrogen and oxygen atoms in total. The first kappa shape index (κ1) is 22.4. The number of benzene rings is 2. The van der Waals surface area contributed by atoms with E-state index in [-0.39, 0.29) is 6.04 Å². The molecule has 2 aromatic carbocycles. The molecule has 2 N–H and O–H groups in total. The molecule has 1 atom stereocenters. The van der Waals surface area contributed by atoms with E-state index in [1.54, 1.807) is 35.5 Å². The SMILES string of the molecule is CN=C(NCc1ccc(OC)c(OC)c1)NC1CCN(c2cc(OC)cc(OC)c2)C1. The summed E-state index contributed by atoms with van der Waals surface area (Å²) in [6, 6.07) is 12.1. The van der Waals surface area contributed by atoms with Crippen LogP contribution in [0.4, 0.5) is 5.69 Å². The van der Waals surface area contributed by atoms with E-state index in [1.165, 1.54) is 0 Å². The summed E-state index contributed by atoms with van der Waals surface area (Å²) in [5, 5.41) is 6.90. The van der Waals surface area contributed by atoms with Crippen LogP contribution in [-0.2, 0) is 6.54 Å². The van der Waals surface area contributed by atoms with Crippen molar-refractivity contribution in [3.63, 3.8) is 0 Å². The van der Waals surface area contributed by atoms with Gasteiger partial charge in [0.05, 0.1) is 28.4 Å². The molecule has 1 unspecified atom stereocenters. The zero-order valence-corrected chi connectivity index (χ0v) is 18.9. The van der Waals surface area contributed by atoms with Gasteiger partial charge in [0.15, 0.2) is 17.5 Å². The molecule has 0 bridgehead atoms. The average molecular weight is 429 g/mol. The monoisotopic (exact) mass is 428 g/mol. The quantitative estimate of drug-likeness (QED) is 0.494. The molecule has 3 rings (SSSR count). The maximum absolute atomic E-state index is 5.40. The lowest BCUT2D eigenvalue weighted by Gasteiger charge is -2.21. The fourth-order valence-corrected chi connectivity index (χ4v) is 3.65. The molecule has 0 radical (unpaired) electrons. The van der Waals surface area contributed by atoms with Gasteiger partial charge in [0, 0.05) is 56.6 Å². The highest BCUT2D eigenvalue weighted by Crippen LogP contribution is 2.30. The first-order valence-corrected chi connectivity index (χ1v) is 10.3. The van der Waals surface area contributed by atoms with E-state index in [1.807, 2.05) is 36.4 Å². The van der Waals surface area contributed by atoms with Crippen LogP contribution in [-0.4, -0.2) is 60.6 Å². The Bertz CT molecular complexity index is 881. The number of nitrogens with one attached hydrogen (secondary N) is 2. The van der Waals surface area contributed by atoms with Crippen molar-refractivity contribution in [3.05, 3.63) is 42.0 Å². The van der Waals surface area contributed by atoms with Gasteiger partial charge in [-0.3, -0.25) is 4.99 Å². The average Bonchev–Trinajstić information content (AvgIpc) is 3.29. The summed E-state index contributed by atoms with van der Waals surface area (Å²) >= 11 is 0. The number of aliphatic imine (C=N–C) groups is 1. The number of methoxy groups -OCH3 is 4. The largest absolute Gasteiger partial charge is 0.497 e. The summed E-state index contributed by atoms with van der Waals surface area (Å²) in [5.41, 5.74) is 2.17. The van der Waals surface area contributed by atoms with Crippen LogP contribution < -0.4 is 34.5 Å². The van der Waals surface area contributed by atoms with Gasteiger partial charge in [-0.05, 0) is 24.1 Å². The van der Waals surface area contributed by atoms with Crippen LogP contribution in [0.1, 0.15) is 12.0 Å². The molecule has 1 fully saturated rings. The highest BCUT2D eigenvalue weighted by atomic mass is 16.5. The van der Waals surface area contributed by atoms with E-state index in [0.29, 0.717) is 18.0 Å². The number of guanidine groups is 1. The molecule has 168 valence electrons. The molecule has 2 aromatic rings. The van der Waals surface area contributed by atoms with Gasteiger partial charge in [0.1, 0.15) is 11.5 Å². The molecule has 1 aliphatic heterocycles. The fraction of sp³-hybridized carbons (Fsp3) is 0.435. The van der Waals surface area contributed by atoms with Crippen LogP contribution in [0.5, 0.6) is 23.0 Å². The van der Waals surface area contributed by atoms with Crippen LogP contribution in [0.15, 0.2) is 41.4 Å². The maximum Gasteiger partial charge on any atom is 0.191 e. The Balaban J connectivity index is 1.57. The third-order valence-corrected chi connectivity index (χ3v) is 5.36. The summed E-state index contributed by atoms with van der Waals surface area (Å²) < 4.78 is 21.5. The second-order valence-electron chi connectivity index (χ2n) is 7.26. The predicted octanol–water partition coefficient (Wildman–Crippen LogP) is 2.66. The van der Waals surface area contributed by atoms with E-state index in [0.717, 1.165) is 48.2 Å². The number of rotatable bonds is 8. The van der Waals surface area contributed by atoms with Crippen molar-refractivity contribution >= 4 is 11.6 Å². The Hall–Kier alpha value is -3.29. The van der Waals surface area contributed by atoms with Gasteiger partial charge in [-0.25, -0.2) is 0 Å². The van der Waals surface area contributed by atoms with E-state index in [2.05, 4.69) is 20.5 Å². The molecule has 8 heteroatoms. The molecule has 0 aliphatic carbocycles. The summed E-state index contributed by atoms with van der Waals surface area (Å²) in [4.78, 5) is 6.70. The van der Waals surface area contributed by atoms with Crippen molar-refractivity contribution in [1.29, 1.82) is 0 Å². The smallest absolute Gasteiger partial charge is 0.191 e. The molecule has 0 amide bonds. The van der Waals surface area contributed by atoms with Crippen molar-refractivity contribution in [2.75, 3.05) is 53.5 Å². The summed E-state index contributed by atoms with van der Waals surface area (Å²) in [6.45, 7) is 2.44. The van der Waals surface area contributed by atoms with Crippen LogP contribution in [0, 0.1) is 0 Å². The van der Waals surface area contributed by atoms with Gasteiger partial charge in [-0.1, -0.05) is 6.07 Å². The lowest BCUT2D eigenvalue weighted by atomic mass is 10.2. The molecule has 1 heterocycles. The molecule has 0 aromatic heterocycles.